The fourth-order valence-corrected chi connectivity index (χ4v) is 2.80. The van der Waals surface area contributed by atoms with E-state index >= 15 is 0 Å². The third kappa shape index (κ3) is 2.80. The maximum absolute atomic E-state index is 11.0. The van der Waals surface area contributed by atoms with Crippen LogP contribution >= 0.6 is 11.6 Å². The summed E-state index contributed by atoms with van der Waals surface area (Å²) in [6.45, 7) is 4.89. The zero-order valence-corrected chi connectivity index (χ0v) is 11.5. The first kappa shape index (κ1) is 13.3. The molecule has 0 amide bonds. The van der Waals surface area contributed by atoms with Crippen molar-refractivity contribution < 1.29 is 4.79 Å². The van der Waals surface area contributed by atoms with E-state index in [1.807, 2.05) is 0 Å². The number of nitrogens with one attached hydrogen (secondary N) is 1. The quantitative estimate of drug-likeness (QED) is 0.673. The molecule has 0 radical (unpaired) electrons. The van der Waals surface area contributed by atoms with Crippen LogP contribution in [0.1, 0.15) is 42.4 Å². The largest absolute Gasteiger partial charge is 0.369 e. The summed E-state index contributed by atoms with van der Waals surface area (Å²) in [5.74, 6) is 2.52. The number of carbonyl (C=O) groups excluding carboxylic acids is 1. The van der Waals surface area contributed by atoms with E-state index in [0.717, 1.165) is 12.5 Å². The van der Waals surface area contributed by atoms with E-state index in [1.54, 1.807) is 6.92 Å². The lowest BCUT2D eigenvalue weighted by atomic mass is 9.98. The molecule has 0 aliphatic heterocycles. The van der Waals surface area contributed by atoms with E-state index in [4.69, 9.17) is 11.6 Å². The van der Waals surface area contributed by atoms with E-state index in [9.17, 15) is 4.79 Å². The normalized spacial score (nSPS) is 23.1. The van der Waals surface area contributed by atoms with Gasteiger partial charge in [0.25, 0.3) is 0 Å². The molecule has 0 spiro atoms. The average molecular weight is 268 g/mol. The second-order valence-corrected chi connectivity index (χ2v) is 5.35. The maximum atomic E-state index is 11.0. The minimum absolute atomic E-state index is 0.222. The number of hydrogen-bond acceptors (Lipinski definition) is 4. The van der Waals surface area contributed by atoms with Gasteiger partial charge in [-0.25, -0.2) is 9.97 Å². The molecule has 0 saturated heterocycles. The van der Waals surface area contributed by atoms with Gasteiger partial charge in [-0.15, -0.1) is 0 Å². The Morgan fingerprint density at radius 3 is 2.83 bits per heavy atom. The van der Waals surface area contributed by atoms with Crippen LogP contribution in [0.3, 0.4) is 0 Å². The van der Waals surface area contributed by atoms with Crippen LogP contribution in [0.4, 0.5) is 5.82 Å². The minimum Gasteiger partial charge on any atom is -0.369 e. The van der Waals surface area contributed by atoms with Crippen molar-refractivity contribution >= 4 is 23.7 Å². The Kier molecular flexibility index (Phi) is 4.17. The van der Waals surface area contributed by atoms with Gasteiger partial charge in [0.15, 0.2) is 6.29 Å². The number of rotatable bonds is 4. The van der Waals surface area contributed by atoms with E-state index in [-0.39, 0.29) is 5.15 Å². The van der Waals surface area contributed by atoms with Crippen LogP contribution in [0.15, 0.2) is 0 Å². The molecule has 18 heavy (non-hydrogen) atoms. The van der Waals surface area contributed by atoms with Crippen LogP contribution in [0.25, 0.3) is 0 Å². The van der Waals surface area contributed by atoms with Gasteiger partial charge < -0.3 is 5.32 Å². The molecule has 2 rings (SSSR count). The van der Waals surface area contributed by atoms with Crippen LogP contribution < -0.4 is 5.32 Å². The number of nitrogens with zero attached hydrogens (tertiary/aromatic N) is 2. The summed E-state index contributed by atoms with van der Waals surface area (Å²) in [6.07, 6.45) is 4.53. The standard InChI is InChI=1S/C13H18ClN3O/c1-8-4-3-5-10(8)6-15-13-11(7-18)12(14)16-9(2)17-13/h7-8,10H,3-6H2,1-2H3,(H,15,16,17). The molecule has 2 atom stereocenters. The lowest BCUT2D eigenvalue weighted by Gasteiger charge is -2.17. The van der Waals surface area contributed by atoms with Crippen molar-refractivity contribution in [3.05, 3.63) is 16.5 Å². The summed E-state index contributed by atoms with van der Waals surface area (Å²) in [4.78, 5) is 19.3. The van der Waals surface area contributed by atoms with E-state index in [0.29, 0.717) is 29.4 Å². The fourth-order valence-electron chi connectivity index (χ4n) is 2.54. The SMILES string of the molecule is Cc1nc(Cl)c(C=O)c(NCC2CCCC2C)n1. The molecule has 1 saturated carbocycles. The number of aryl methyl sites for hydroxylation is 1. The Morgan fingerprint density at radius 1 is 1.44 bits per heavy atom. The highest BCUT2D eigenvalue weighted by atomic mass is 35.5. The van der Waals surface area contributed by atoms with Crippen molar-refractivity contribution in [3.63, 3.8) is 0 Å². The van der Waals surface area contributed by atoms with Crippen molar-refractivity contribution in [2.75, 3.05) is 11.9 Å². The van der Waals surface area contributed by atoms with Gasteiger partial charge in [0.05, 0.1) is 5.56 Å². The van der Waals surface area contributed by atoms with Crippen LogP contribution in [-0.4, -0.2) is 22.8 Å². The molecule has 1 aliphatic carbocycles. The molecule has 1 aliphatic rings. The Morgan fingerprint density at radius 2 is 2.22 bits per heavy atom. The summed E-state index contributed by atoms with van der Waals surface area (Å²) in [7, 11) is 0. The number of carbonyl (C=O) groups is 1. The molecular weight excluding hydrogens is 250 g/mol. The highest BCUT2D eigenvalue weighted by Crippen LogP contribution is 2.31. The average Bonchev–Trinajstić information content (AvgIpc) is 2.71. The Bertz CT molecular complexity index is 450. The van der Waals surface area contributed by atoms with Crippen LogP contribution in [0.5, 0.6) is 0 Å². The minimum atomic E-state index is 0.222. The zero-order chi connectivity index (χ0) is 13.1. The molecule has 4 nitrogen and oxygen atoms in total. The molecule has 1 aromatic heterocycles. The van der Waals surface area contributed by atoms with Gasteiger partial charge in [0, 0.05) is 6.54 Å². The maximum Gasteiger partial charge on any atom is 0.156 e. The second-order valence-electron chi connectivity index (χ2n) is 4.99. The summed E-state index contributed by atoms with van der Waals surface area (Å²) >= 11 is 5.94. The summed E-state index contributed by atoms with van der Waals surface area (Å²) in [6, 6.07) is 0. The predicted octanol–water partition coefficient (Wildman–Crippen LogP) is 3.10. The number of hydrogen-bond donors (Lipinski definition) is 1. The second kappa shape index (κ2) is 5.65. The number of aldehydes is 1. The van der Waals surface area contributed by atoms with Gasteiger partial charge in [-0.05, 0) is 25.2 Å². The lowest BCUT2D eigenvalue weighted by Crippen LogP contribution is -2.18. The third-order valence-corrected chi connectivity index (χ3v) is 3.99. The van der Waals surface area contributed by atoms with Gasteiger partial charge in [-0.1, -0.05) is 31.4 Å². The predicted molar refractivity (Wildman–Crippen MR) is 72.2 cm³/mol. The summed E-state index contributed by atoms with van der Waals surface area (Å²) in [5, 5.41) is 3.47. The van der Waals surface area contributed by atoms with E-state index in [1.165, 1.54) is 19.3 Å². The first-order valence-corrected chi connectivity index (χ1v) is 6.72. The van der Waals surface area contributed by atoms with Gasteiger partial charge >= 0.3 is 0 Å². The lowest BCUT2D eigenvalue weighted by molar-refractivity contribution is 0.112. The Hall–Kier alpha value is -1.16. The van der Waals surface area contributed by atoms with Gasteiger partial charge in [0.2, 0.25) is 0 Å². The summed E-state index contributed by atoms with van der Waals surface area (Å²) < 4.78 is 0. The van der Waals surface area contributed by atoms with Gasteiger partial charge in [0.1, 0.15) is 16.8 Å². The molecule has 1 fully saturated rings. The molecule has 2 unspecified atom stereocenters. The Balaban J connectivity index is 2.10. The van der Waals surface area contributed by atoms with E-state index in [2.05, 4.69) is 22.2 Å². The van der Waals surface area contributed by atoms with Crippen molar-refractivity contribution in [3.8, 4) is 0 Å². The molecule has 5 heteroatoms. The first-order valence-electron chi connectivity index (χ1n) is 6.35. The number of anilines is 1. The molecule has 0 aromatic carbocycles. The van der Waals surface area contributed by atoms with Crippen LogP contribution in [0, 0.1) is 18.8 Å². The topological polar surface area (TPSA) is 54.9 Å². The third-order valence-electron chi connectivity index (χ3n) is 3.70. The number of aromatic nitrogens is 2. The molecule has 98 valence electrons. The molecule has 1 aromatic rings. The fraction of sp³-hybridized carbons (Fsp3) is 0.615. The van der Waals surface area contributed by atoms with Gasteiger partial charge in [-0.3, -0.25) is 4.79 Å². The molecule has 1 N–H and O–H groups in total. The van der Waals surface area contributed by atoms with Crippen molar-refractivity contribution in [1.29, 1.82) is 0 Å². The first-order chi connectivity index (χ1) is 8.61. The highest BCUT2D eigenvalue weighted by Gasteiger charge is 2.23. The molecule has 1 heterocycles. The van der Waals surface area contributed by atoms with Crippen molar-refractivity contribution in [2.24, 2.45) is 11.8 Å². The van der Waals surface area contributed by atoms with Crippen molar-refractivity contribution in [1.82, 2.24) is 9.97 Å². The van der Waals surface area contributed by atoms with Crippen LogP contribution in [0.2, 0.25) is 5.15 Å². The number of halogens is 1. The summed E-state index contributed by atoms with van der Waals surface area (Å²) in [5.41, 5.74) is 0.355. The van der Waals surface area contributed by atoms with Crippen LogP contribution in [-0.2, 0) is 0 Å². The van der Waals surface area contributed by atoms with Crippen molar-refractivity contribution in [2.45, 2.75) is 33.1 Å². The van der Waals surface area contributed by atoms with E-state index < -0.39 is 0 Å². The molecular formula is C13H18ClN3O. The molecule has 0 bridgehead atoms. The highest BCUT2D eigenvalue weighted by molar-refractivity contribution is 6.32. The Labute approximate surface area is 112 Å². The smallest absolute Gasteiger partial charge is 0.156 e. The van der Waals surface area contributed by atoms with Gasteiger partial charge in [-0.2, -0.15) is 0 Å². The zero-order valence-electron chi connectivity index (χ0n) is 10.7. The monoisotopic (exact) mass is 267 g/mol.